The van der Waals surface area contributed by atoms with Crippen LogP contribution < -0.4 is 0 Å². The van der Waals surface area contributed by atoms with E-state index in [9.17, 15) is 4.79 Å². The van der Waals surface area contributed by atoms with E-state index in [-0.39, 0.29) is 5.78 Å². The Morgan fingerprint density at radius 1 is 0.423 bits per heavy atom. The van der Waals surface area contributed by atoms with Crippen LogP contribution in [0.5, 0.6) is 0 Å². The quantitative estimate of drug-likeness (QED) is 0.154. The third kappa shape index (κ3) is 5.68. The zero-order chi connectivity index (χ0) is 35.2. The first kappa shape index (κ1) is 32.0. The second-order valence-electron chi connectivity index (χ2n) is 12.7. The summed E-state index contributed by atoms with van der Waals surface area (Å²) >= 11 is 3.43. The zero-order valence-electron chi connectivity index (χ0n) is 28.5. The molecule has 0 unspecified atom stereocenters. The van der Waals surface area contributed by atoms with Crippen LogP contribution in [0.2, 0.25) is 0 Å². The lowest BCUT2D eigenvalue weighted by molar-refractivity contribution is 0.104. The highest BCUT2D eigenvalue weighted by atomic mass is 32.2. The van der Waals surface area contributed by atoms with Crippen LogP contribution in [0.3, 0.4) is 0 Å². The van der Waals surface area contributed by atoms with Gasteiger partial charge in [-0.2, -0.15) is 0 Å². The smallest absolute Gasteiger partial charge is 0.194 e. The summed E-state index contributed by atoms with van der Waals surface area (Å²) in [7, 11) is 0. The van der Waals surface area contributed by atoms with Crippen molar-refractivity contribution in [3.8, 4) is 78.9 Å². The maximum absolute atomic E-state index is 13.8. The van der Waals surface area contributed by atoms with Gasteiger partial charge in [0, 0.05) is 54.3 Å². The fourth-order valence-electron chi connectivity index (χ4n) is 6.93. The van der Waals surface area contributed by atoms with Crippen LogP contribution in [0.15, 0.2) is 155 Å². The highest BCUT2D eigenvalue weighted by Gasteiger charge is 2.29. The van der Waals surface area contributed by atoms with Gasteiger partial charge in [0.2, 0.25) is 0 Å². The summed E-state index contributed by atoms with van der Waals surface area (Å²) in [6.07, 6.45) is 4.15. The van der Waals surface area contributed by atoms with Crippen LogP contribution in [0.25, 0.3) is 78.9 Å². The third-order valence-corrected chi connectivity index (χ3v) is 11.1. The zero-order valence-corrected chi connectivity index (χ0v) is 30.1. The average molecular weight is 709 g/mol. The summed E-state index contributed by atoms with van der Waals surface area (Å²) in [4.78, 5) is 33.8. The molecule has 0 saturated carbocycles. The Labute approximate surface area is 310 Å². The van der Waals surface area contributed by atoms with Crippen LogP contribution in [0.1, 0.15) is 15.9 Å². The minimum atomic E-state index is 0.0304. The number of rotatable bonds is 8. The molecule has 2 aromatic heterocycles. The number of aromatic amines is 2. The predicted octanol–water partition coefficient (Wildman–Crippen LogP) is 11.8. The standard InChI is InChI=1S/C45H32N4OS2/c1-51-33-19-13-29(14-20-33)44-46-39(27-9-5-3-6-10-27)41(48-44)31-17-23-35-37(25-31)38-26-32(18-24-36(38)43(35)50)42-40(28-11-7-4-8-12-28)47-45(49-42)30-15-21-34(52-2)22-16-30/h3-26H,1-2H3,(H,46,48)(H,47,49). The van der Waals surface area contributed by atoms with Gasteiger partial charge in [-0.15, -0.1) is 23.5 Å². The van der Waals surface area contributed by atoms with Crippen LogP contribution in [0, 0.1) is 0 Å². The molecule has 0 fully saturated rings. The molecule has 250 valence electrons. The molecule has 0 saturated heterocycles. The van der Waals surface area contributed by atoms with Crippen molar-refractivity contribution in [1.29, 1.82) is 0 Å². The van der Waals surface area contributed by atoms with Gasteiger partial charge in [0.05, 0.1) is 22.8 Å². The Kier molecular flexibility index (Phi) is 8.22. The molecule has 5 nitrogen and oxygen atoms in total. The number of nitrogens with zero attached hydrogens (tertiary/aromatic N) is 2. The summed E-state index contributed by atoms with van der Waals surface area (Å²) in [5, 5.41) is 0. The third-order valence-electron chi connectivity index (χ3n) is 9.62. The molecule has 2 N–H and O–H groups in total. The van der Waals surface area contributed by atoms with Gasteiger partial charge in [-0.3, -0.25) is 4.79 Å². The van der Waals surface area contributed by atoms with Gasteiger partial charge in [-0.25, -0.2) is 9.97 Å². The van der Waals surface area contributed by atoms with Crippen LogP contribution >= 0.6 is 23.5 Å². The normalized spacial score (nSPS) is 11.8. The number of fused-ring (bicyclic) bond motifs is 3. The minimum Gasteiger partial charge on any atom is -0.337 e. The van der Waals surface area contributed by atoms with Crippen molar-refractivity contribution in [2.45, 2.75) is 9.79 Å². The summed E-state index contributed by atoms with van der Waals surface area (Å²) in [5.41, 5.74) is 12.7. The number of H-pyrrole nitrogens is 2. The van der Waals surface area contributed by atoms with E-state index < -0.39 is 0 Å². The molecule has 0 radical (unpaired) electrons. The van der Waals surface area contributed by atoms with Crippen molar-refractivity contribution < 1.29 is 4.79 Å². The molecule has 2 heterocycles. The summed E-state index contributed by atoms with van der Waals surface area (Å²) in [6.45, 7) is 0. The lowest BCUT2D eigenvalue weighted by Gasteiger charge is -2.08. The molecule has 9 rings (SSSR count). The molecular formula is C45H32N4OS2. The van der Waals surface area contributed by atoms with Crippen molar-refractivity contribution >= 4 is 29.3 Å². The summed E-state index contributed by atoms with van der Waals surface area (Å²) in [6, 6.07) is 49.6. The van der Waals surface area contributed by atoms with Gasteiger partial charge in [0.25, 0.3) is 0 Å². The van der Waals surface area contributed by atoms with E-state index in [1.165, 1.54) is 9.79 Å². The van der Waals surface area contributed by atoms with E-state index in [2.05, 4.69) is 107 Å². The highest BCUT2D eigenvalue weighted by molar-refractivity contribution is 7.98. The first-order chi connectivity index (χ1) is 25.6. The first-order valence-corrected chi connectivity index (χ1v) is 19.5. The number of hydrogen-bond donors (Lipinski definition) is 2. The van der Waals surface area contributed by atoms with E-state index >= 15 is 0 Å². The molecule has 0 aliphatic heterocycles. The number of ketones is 1. The Morgan fingerprint density at radius 2 is 0.808 bits per heavy atom. The van der Waals surface area contributed by atoms with Gasteiger partial charge in [-0.05, 0) is 72.2 Å². The van der Waals surface area contributed by atoms with Gasteiger partial charge in [0.1, 0.15) is 11.6 Å². The largest absolute Gasteiger partial charge is 0.337 e. The Balaban J connectivity index is 1.17. The van der Waals surface area contributed by atoms with E-state index in [1.807, 2.05) is 60.7 Å². The van der Waals surface area contributed by atoms with Gasteiger partial charge in [0.15, 0.2) is 5.78 Å². The van der Waals surface area contributed by atoms with Crippen molar-refractivity contribution in [2.75, 3.05) is 12.5 Å². The number of carbonyl (C=O) groups excluding carboxylic acids is 1. The Bertz CT molecular complexity index is 2410. The number of benzene rings is 6. The maximum Gasteiger partial charge on any atom is 0.194 e. The molecular weight excluding hydrogens is 677 g/mol. The van der Waals surface area contributed by atoms with Gasteiger partial charge < -0.3 is 9.97 Å². The predicted molar refractivity (Wildman–Crippen MR) is 216 cm³/mol. The van der Waals surface area contributed by atoms with Gasteiger partial charge in [-0.1, -0.05) is 97.1 Å². The number of thioether (sulfide) groups is 2. The Hall–Kier alpha value is -5.89. The van der Waals surface area contributed by atoms with Crippen LogP contribution in [0.4, 0.5) is 0 Å². The number of nitrogens with one attached hydrogen (secondary N) is 2. The number of hydrogen-bond acceptors (Lipinski definition) is 5. The fraction of sp³-hybridized carbons (Fsp3) is 0.0444. The molecule has 0 amide bonds. The van der Waals surface area contributed by atoms with Crippen LogP contribution in [-0.4, -0.2) is 38.2 Å². The second kappa shape index (κ2) is 13.3. The number of aromatic nitrogens is 4. The SMILES string of the molecule is CSc1ccc(-c2nc(-c3ccc4c(c3)-c3cc(-c5nc(-c6ccc(SC)cc6)[nH]c5-c5ccccc5)ccc3C4=O)c(-c3ccccc3)[nH]2)cc1. The summed E-state index contributed by atoms with van der Waals surface area (Å²) < 4.78 is 0. The molecule has 6 aromatic carbocycles. The summed E-state index contributed by atoms with van der Waals surface area (Å²) in [5.74, 6) is 1.63. The fourth-order valence-corrected chi connectivity index (χ4v) is 7.75. The molecule has 7 heteroatoms. The molecule has 8 aromatic rings. The van der Waals surface area contributed by atoms with E-state index in [1.54, 1.807) is 23.5 Å². The van der Waals surface area contributed by atoms with E-state index in [0.717, 1.165) is 78.9 Å². The molecule has 0 bridgehead atoms. The average Bonchev–Trinajstić information content (AvgIpc) is 3.94. The highest BCUT2D eigenvalue weighted by Crippen LogP contribution is 2.44. The molecule has 0 atom stereocenters. The van der Waals surface area contributed by atoms with Crippen LogP contribution in [-0.2, 0) is 0 Å². The van der Waals surface area contributed by atoms with Crippen molar-refractivity contribution in [1.82, 2.24) is 19.9 Å². The lowest BCUT2D eigenvalue weighted by Crippen LogP contribution is -1.95. The van der Waals surface area contributed by atoms with E-state index in [4.69, 9.17) is 9.97 Å². The van der Waals surface area contributed by atoms with Crippen molar-refractivity contribution in [3.05, 3.63) is 157 Å². The molecule has 1 aliphatic carbocycles. The molecule has 52 heavy (non-hydrogen) atoms. The van der Waals surface area contributed by atoms with Crippen molar-refractivity contribution in [2.24, 2.45) is 0 Å². The monoisotopic (exact) mass is 708 g/mol. The lowest BCUT2D eigenvalue weighted by atomic mass is 9.97. The minimum absolute atomic E-state index is 0.0304. The first-order valence-electron chi connectivity index (χ1n) is 17.0. The van der Waals surface area contributed by atoms with E-state index in [0.29, 0.717) is 11.1 Å². The number of imidazole rings is 2. The second-order valence-corrected chi connectivity index (χ2v) is 14.4. The molecule has 0 spiro atoms. The topological polar surface area (TPSA) is 74.4 Å². The maximum atomic E-state index is 13.8. The number of carbonyl (C=O) groups is 1. The molecule has 1 aliphatic rings. The van der Waals surface area contributed by atoms with Gasteiger partial charge >= 0.3 is 0 Å². The van der Waals surface area contributed by atoms with Crippen molar-refractivity contribution in [3.63, 3.8) is 0 Å². The Morgan fingerprint density at radius 3 is 1.19 bits per heavy atom.